The summed E-state index contributed by atoms with van der Waals surface area (Å²) in [6.07, 6.45) is 1.74. The van der Waals surface area contributed by atoms with E-state index in [1.165, 1.54) is 11.8 Å². The van der Waals surface area contributed by atoms with Crippen LogP contribution in [0.25, 0.3) is 6.08 Å². The number of hydrogen-bond donors (Lipinski definition) is 0. The molecule has 0 N–H and O–H groups in total. The summed E-state index contributed by atoms with van der Waals surface area (Å²) in [5, 5.41) is 1.05. The topological polar surface area (TPSA) is 20.3 Å². The Hall–Kier alpha value is -1.33. The Bertz CT molecular complexity index is 848. The first kappa shape index (κ1) is 16.5. The highest BCUT2D eigenvalue weighted by Gasteiger charge is 2.33. The monoisotopic (exact) mass is 379 g/mol. The van der Waals surface area contributed by atoms with Crippen LogP contribution in [0.1, 0.15) is 11.1 Å². The number of rotatable bonds is 2. The molecule has 2 nitrogen and oxygen atoms in total. The van der Waals surface area contributed by atoms with E-state index in [2.05, 4.69) is 0 Å². The van der Waals surface area contributed by atoms with Gasteiger partial charge >= 0.3 is 0 Å². The first-order valence-electron chi connectivity index (χ1n) is 6.75. The van der Waals surface area contributed by atoms with Gasteiger partial charge in [-0.2, -0.15) is 0 Å². The molecule has 3 rings (SSSR count). The van der Waals surface area contributed by atoms with Gasteiger partial charge in [0, 0.05) is 10.0 Å². The quantitative estimate of drug-likeness (QED) is 0.492. The highest BCUT2D eigenvalue weighted by molar-refractivity contribution is 8.27. The van der Waals surface area contributed by atoms with Crippen molar-refractivity contribution < 1.29 is 4.79 Å². The number of carbonyl (C=O) groups excluding carboxylic acids is 1. The van der Waals surface area contributed by atoms with Gasteiger partial charge in [-0.3, -0.25) is 9.69 Å². The van der Waals surface area contributed by atoms with Gasteiger partial charge in [0.1, 0.15) is 0 Å². The van der Waals surface area contributed by atoms with E-state index in [1.807, 2.05) is 31.2 Å². The summed E-state index contributed by atoms with van der Waals surface area (Å²) in [7, 11) is 0. The fraction of sp³-hybridized carbons (Fsp3) is 0.0588. The third-order valence-electron chi connectivity index (χ3n) is 3.30. The average Bonchev–Trinajstić information content (AvgIpc) is 2.76. The van der Waals surface area contributed by atoms with Gasteiger partial charge in [0.25, 0.3) is 5.91 Å². The Morgan fingerprint density at radius 2 is 1.96 bits per heavy atom. The van der Waals surface area contributed by atoms with Crippen molar-refractivity contribution >= 4 is 69.2 Å². The number of thioether (sulfide) groups is 1. The van der Waals surface area contributed by atoms with Crippen LogP contribution in [0.3, 0.4) is 0 Å². The SMILES string of the molecule is Cc1cccc(N2C(=O)/C(=C\c3ccc(Cl)cc3Cl)SC2=S)c1. The van der Waals surface area contributed by atoms with Crippen molar-refractivity contribution in [1.82, 2.24) is 0 Å². The number of benzene rings is 2. The highest BCUT2D eigenvalue weighted by Crippen LogP contribution is 2.37. The Balaban J connectivity index is 1.96. The van der Waals surface area contributed by atoms with Crippen molar-refractivity contribution in [3.63, 3.8) is 0 Å². The molecule has 0 spiro atoms. The first-order valence-corrected chi connectivity index (χ1v) is 8.73. The Labute approximate surface area is 154 Å². The van der Waals surface area contributed by atoms with Crippen molar-refractivity contribution in [2.75, 3.05) is 4.90 Å². The van der Waals surface area contributed by atoms with Crippen LogP contribution < -0.4 is 4.90 Å². The molecule has 1 aliphatic heterocycles. The van der Waals surface area contributed by atoms with Gasteiger partial charge in [0.05, 0.1) is 10.6 Å². The zero-order valence-corrected chi connectivity index (χ0v) is 15.2. The lowest BCUT2D eigenvalue weighted by Gasteiger charge is -2.14. The minimum absolute atomic E-state index is 0.142. The molecule has 0 saturated carbocycles. The van der Waals surface area contributed by atoms with E-state index in [4.69, 9.17) is 35.4 Å². The lowest BCUT2D eigenvalue weighted by molar-refractivity contribution is -0.113. The third kappa shape index (κ3) is 3.45. The van der Waals surface area contributed by atoms with Crippen LogP contribution in [0.4, 0.5) is 5.69 Å². The Kier molecular flexibility index (Phi) is 4.78. The van der Waals surface area contributed by atoms with E-state index in [-0.39, 0.29) is 5.91 Å². The predicted molar refractivity (Wildman–Crippen MR) is 103 cm³/mol. The number of hydrogen-bond acceptors (Lipinski definition) is 3. The van der Waals surface area contributed by atoms with Crippen LogP contribution in [-0.2, 0) is 4.79 Å². The van der Waals surface area contributed by atoms with Gasteiger partial charge in [-0.25, -0.2) is 0 Å². The second-order valence-corrected chi connectivity index (χ2v) is 7.54. The molecule has 0 aliphatic carbocycles. The molecule has 1 saturated heterocycles. The van der Waals surface area contributed by atoms with Crippen LogP contribution in [0.15, 0.2) is 47.4 Å². The summed E-state index contributed by atoms with van der Waals surface area (Å²) in [6.45, 7) is 1.98. The van der Waals surface area contributed by atoms with Crippen LogP contribution in [0.5, 0.6) is 0 Å². The van der Waals surface area contributed by atoms with Crippen molar-refractivity contribution in [2.24, 2.45) is 0 Å². The lowest BCUT2D eigenvalue weighted by atomic mass is 10.2. The van der Waals surface area contributed by atoms with Crippen LogP contribution in [0, 0.1) is 6.92 Å². The first-order chi connectivity index (χ1) is 11.0. The van der Waals surface area contributed by atoms with Crippen molar-refractivity contribution in [2.45, 2.75) is 6.92 Å². The maximum absolute atomic E-state index is 12.7. The van der Waals surface area contributed by atoms with Gasteiger partial charge < -0.3 is 0 Å². The average molecular weight is 380 g/mol. The Morgan fingerprint density at radius 3 is 2.65 bits per heavy atom. The van der Waals surface area contributed by atoms with E-state index >= 15 is 0 Å². The van der Waals surface area contributed by atoms with Gasteiger partial charge in [0.15, 0.2) is 4.32 Å². The zero-order chi connectivity index (χ0) is 16.6. The van der Waals surface area contributed by atoms with E-state index in [9.17, 15) is 4.79 Å². The normalized spacial score (nSPS) is 16.5. The number of halogens is 2. The second kappa shape index (κ2) is 6.65. The molecule has 1 amide bonds. The molecular weight excluding hydrogens is 369 g/mol. The standard InChI is InChI=1S/C17H11Cl2NOS2/c1-10-3-2-4-13(7-10)20-16(21)15(23-17(20)22)8-11-5-6-12(18)9-14(11)19/h2-9H,1H3/b15-8+. The van der Waals surface area contributed by atoms with Gasteiger partial charge in [-0.15, -0.1) is 0 Å². The molecule has 6 heteroatoms. The van der Waals surface area contributed by atoms with Gasteiger partial charge in [-0.1, -0.05) is 65.4 Å². The zero-order valence-electron chi connectivity index (χ0n) is 12.0. The Morgan fingerprint density at radius 1 is 1.17 bits per heavy atom. The fourth-order valence-electron chi connectivity index (χ4n) is 2.22. The number of aryl methyl sites for hydroxylation is 1. The molecule has 0 atom stereocenters. The molecule has 116 valence electrons. The third-order valence-corrected chi connectivity index (χ3v) is 5.17. The summed E-state index contributed by atoms with van der Waals surface area (Å²) in [5.41, 5.74) is 2.58. The molecule has 1 aliphatic rings. The molecule has 0 bridgehead atoms. The summed E-state index contributed by atoms with van der Waals surface area (Å²) < 4.78 is 0.511. The minimum atomic E-state index is -0.142. The van der Waals surface area contributed by atoms with Crippen LogP contribution >= 0.6 is 47.2 Å². The highest BCUT2D eigenvalue weighted by atomic mass is 35.5. The maximum Gasteiger partial charge on any atom is 0.270 e. The summed E-state index contributed by atoms with van der Waals surface area (Å²) >= 11 is 18.7. The van der Waals surface area contributed by atoms with Crippen molar-refractivity contribution in [3.05, 3.63) is 68.5 Å². The second-order valence-electron chi connectivity index (χ2n) is 5.02. The summed E-state index contributed by atoms with van der Waals surface area (Å²) in [6, 6.07) is 12.9. The maximum atomic E-state index is 12.7. The molecule has 0 aromatic heterocycles. The molecular formula is C17H11Cl2NOS2. The number of nitrogens with zero attached hydrogens (tertiary/aromatic N) is 1. The summed E-state index contributed by atoms with van der Waals surface area (Å²) in [5.74, 6) is -0.142. The molecule has 23 heavy (non-hydrogen) atoms. The molecule has 2 aromatic rings. The summed E-state index contributed by atoms with van der Waals surface area (Å²) in [4.78, 5) is 14.8. The number of carbonyl (C=O) groups is 1. The van der Waals surface area contributed by atoms with E-state index in [0.717, 1.165) is 16.8 Å². The number of anilines is 1. The lowest BCUT2D eigenvalue weighted by Crippen LogP contribution is -2.27. The fourth-order valence-corrected chi connectivity index (χ4v) is 3.97. The molecule has 1 heterocycles. The van der Waals surface area contributed by atoms with Crippen molar-refractivity contribution in [3.8, 4) is 0 Å². The van der Waals surface area contributed by atoms with Gasteiger partial charge in [-0.05, 0) is 48.4 Å². The molecule has 0 radical (unpaired) electrons. The number of amides is 1. The predicted octanol–water partition coefficient (Wildman–Crippen LogP) is 5.71. The van der Waals surface area contributed by atoms with Crippen LogP contribution in [0.2, 0.25) is 10.0 Å². The molecule has 2 aromatic carbocycles. The molecule has 0 unspecified atom stereocenters. The molecule has 1 fully saturated rings. The number of thiocarbonyl (C=S) groups is 1. The van der Waals surface area contributed by atoms with Gasteiger partial charge in [0.2, 0.25) is 0 Å². The largest absolute Gasteiger partial charge is 0.270 e. The van der Waals surface area contributed by atoms with Crippen LogP contribution in [-0.4, -0.2) is 10.2 Å². The van der Waals surface area contributed by atoms with E-state index in [1.54, 1.807) is 29.2 Å². The van der Waals surface area contributed by atoms with Crippen molar-refractivity contribution in [1.29, 1.82) is 0 Å². The minimum Gasteiger partial charge on any atom is -0.268 e. The van der Waals surface area contributed by atoms with E-state index < -0.39 is 0 Å². The van der Waals surface area contributed by atoms with E-state index in [0.29, 0.717) is 19.3 Å². The smallest absolute Gasteiger partial charge is 0.268 e.